The van der Waals surface area contributed by atoms with E-state index in [4.69, 9.17) is 14.2 Å². The van der Waals surface area contributed by atoms with E-state index in [-0.39, 0.29) is 25.3 Å². The van der Waals surface area contributed by atoms with Crippen LogP contribution in [0.2, 0.25) is 0 Å². The molecular weight excluding hydrogens is 414 g/mol. The van der Waals surface area contributed by atoms with Gasteiger partial charge in [-0.1, -0.05) is 24.3 Å². The van der Waals surface area contributed by atoms with E-state index in [1.165, 1.54) is 0 Å². The van der Waals surface area contributed by atoms with E-state index in [0.29, 0.717) is 36.9 Å². The number of nitrogens with zero attached hydrogens (tertiary/aromatic N) is 1. The van der Waals surface area contributed by atoms with Crippen molar-refractivity contribution < 1.29 is 28.6 Å². The quantitative estimate of drug-likeness (QED) is 0.691. The topological polar surface area (TPSA) is 106 Å². The van der Waals surface area contributed by atoms with E-state index in [9.17, 15) is 14.4 Å². The van der Waals surface area contributed by atoms with E-state index < -0.39 is 11.8 Å². The first kappa shape index (κ1) is 21.5. The molecule has 0 atom stereocenters. The van der Waals surface area contributed by atoms with Gasteiger partial charge in [0.25, 0.3) is 0 Å². The fourth-order valence-corrected chi connectivity index (χ4v) is 3.60. The number of piperidine rings is 1. The van der Waals surface area contributed by atoms with Crippen LogP contribution in [0.15, 0.2) is 48.5 Å². The number of hydrogen-bond acceptors (Lipinski definition) is 6. The fourth-order valence-electron chi connectivity index (χ4n) is 3.60. The number of benzene rings is 2. The Labute approximate surface area is 185 Å². The minimum Gasteiger partial charge on any atom is -0.454 e. The van der Waals surface area contributed by atoms with Gasteiger partial charge in [0, 0.05) is 26.2 Å². The van der Waals surface area contributed by atoms with Crippen molar-refractivity contribution in [3.8, 4) is 17.2 Å². The average molecular weight is 439 g/mol. The summed E-state index contributed by atoms with van der Waals surface area (Å²) in [6.07, 6.45) is 1.08. The molecule has 2 heterocycles. The normalized spacial score (nSPS) is 15.2. The van der Waals surface area contributed by atoms with Crippen molar-refractivity contribution >= 4 is 17.9 Å². The molecule has 0 spiro atoms. The summed E-state index contributed by atoms with van der Waals surface area (Å²) in [5, 5.41) is 5.29. The van der Waals surface area contributed by atoms with Crippen LogP contribution in [0.5, 0.6) is 17.2 Å². The van der Waals surface area contributed by atoms with E-state index in [0.717, 1.165) is 18.4 Å². The first-order valence-electron chi connectivity index (χ1n) is 10.5. The SMILES string of the molecule is O=C(NCc1ccc2c(c1)OCO2)C(=O)NCC1CCN(C(=O)Oc2ccccc2)CC1. The molecule has 2 aliphatic heterocycles. The highest BCUT2D eigenvalue weighted by Gasteiger charge is 2.25. The predicted octanol–water partition coefficient (Wildman–Crippen LogP) is 2.06. The second kappa shape index (κ2) is 10.0. The minimum atomic E-state index is -0.688. The van der Waals surface area contributed by atoms with Crippen molar-refractivity contribution in [1.82, 2.24) is 15.5 Å². The van der Waals surface area contributed by atoms with Crippen molar-refractivity contribution in [1.29, 1.82) is 0 Å². The molecule has 0 saturated carbocycles. The van der Waals surface area contributed by atoms with E-state index in [1.54, 1.807) is 29.2 Å². The molecule has 32 heavy (non-hydrogen) atoms. The summed E-state index contributed by atoms with van der Waals surface area (Å²) >= 11 is 0. The van der Waals surface area contributed by atoms with Crippen LogP contribution in [-0.4, -0.2) is 49.2 Å². The van der Waals surface area contributed by atoms with Crippen molar-refractivity contribution in [3.05, 3.63) is 54.1 Å². The van der Waals surface area contributed by atoms with Crippen LogP contribution in [0.4, 0.5) is 4.79 Å². The number of nitrogens with one attached hydrogen (secondary N) is 2. The second-order valence-corrected chi connectivity index (χ2v) is 7.69. The summed E-state index contributed by atoms with van der Waals surface area (Å²) in [7, 11) is 0. The second-order valence-electron chi connectivity index (χ2n) is 7.69. The van der Waals surface area contributed by atoms with Gasteiger partial charge in [-0.05, 0) is 48.6 Å². The third-order valence-corrected chi connectivity index (χ3v) is 5.47. The molecule has 2 aromatic rings. The molecule has 1 saturated heterocycles. The number of hydrogen-bond donors (Lipinski definition) is 2. The Bertz CT molecular complexity index is 973. The highest BCUT2D eigenvalue weighted by molar-refractivity contribution is 6.35. The van der Waals surface area contributed by atoms with Gasteiger partial charge in [-0.3, -0.25) is 9.59 Å². The average Bonchev–Trinajstić information content (AvgIpc) is 3.30. The van der Waals surface area contributed by atoms with E-state index in [1.807, 2.05) is 24.3 Å². The molecule has 3 amide bonds. The lowest BCUT2D eigenvalue weighted by atomic mass is 9.97. The predicted molar refractivity (Wildman–Crippen MR) is 114 cm³/mol. The van der Waals surface area contributed by atoms with Gasteiger partial charge in [-0.15, -0.1) is 0 Å². The highest BCUT2D eigenvalue weighted by atomic mass is 16.7. The molecule has 4 rings (SSSR count). The smallest absolute Gasteiger partial charge is 0.415 e. The molecule has 0 bridgehead atoms. The number of carbonyl (C=O) groups is 3. The summed E-state index contributed by atoms with van der Waals surface area (Å²) in [4.78, 5) is 38.1. The molecule has 2 N–H and O–H groups in total. The largest absolute Gasteiger partial charge is 0.454 e. The van der Waals surface area contributed by atoms with E-state index in [2.05, 4.69) is 10.6 Å². The van der Waals surface area contributed by atoms with Gasteiger partial charge in [0.15, 0.2) is 11.5 Å². The Hall–Kier alpha value is -3.75. The monoisotopic (exact) mass is 439 g/mol. The molecule has 9 nitrogen and oxygen atoms in total. The molecule has 168 valence electrons. The summed E-state index contributed by atoms with van der Waals surface area (Å²) in [6, 6.07) is 14.3. The number of amides is 3. The molecule has 0 aliphatic carbocycles. The molecule has 9 heteroatoms. The molecular formula is C23H25N3O6. The summed E-state index contributed by atoms with van der Waals surface area (Å²) in [5.41, 5.74) is 0.810. The maximum absolute atomic E-state index is 12.2. The van der Waals surface area contributed by atoms with Crippen LogP contribution < -0.4 is 24.8 Å². The first-order valence-corrected chi connectivity index (χ1v) is 10.5. The van der Waals surface area contributed by atoms with Gasteiger partial charge >= 0.3 is 17.9 Å². The third-order valence-electron chi connectivity index (χ3n) is 5.47. The van der Waals surface area contributed by atoms with Crippen LogP contribution in [0.1, 0.15) is 18.4 Å². The van der Waals surface area contributed by atoms with Crippen LogP contribution in [-0.2, 0) is 16.1 Å². The van der Waals surface area contributed by atoms with Gasteiger partial charge in [-0.25, -0.2) is 4.79 Å². The Balaban J connectivity index is 1.15. The van der Waals surface area contributed by atoms with Crippen LogP contribution >= 0.6 is 0 Å². The number of likely N-dealkylation sites (tertiary alicyclic amines) is 1. The van der Waals surface area contributed by atoms with Crippen LogP contribution in [0.3, 0.4) is 0 Å². The van der Waals surface area contributed by atoms with Crippen molar-refractivity contribution in [2.75, 3.05) is 26.4 Å². The highest BCUT2D eigenvalue weighted by Crippen LogP contribution is 2.32. The molecule has 0 aromatic heterocycles. The summed E-state index contributed by atoms with van der Waals surface area (Å²) < 4.78 is 15.9. The maximum atomic E-state index is 12.2. The number of rotatable bonds is 5. The lowest BCUT2D eigenvalue weighted by molar-refractivity contribution is -0.139. The molecule has 0 radical (unpaired) electrons. The minimum absolute atomic E-state index is 0.181. The lowest BCUT2D eigenvalue weighted by Gasteiger charge is -2.31. The Kier molecular flexibility index (Phi) is 6.74. The standard InChI is InChI=1S/C23H25N3O6/c27-21(22(28)25-14-17-6-7-19-20(12-17)31-15-30-19)24-13-16-8-10-26(11-9-16)23(29)32-18-4-2-1-3-5-18/h1-7,12,16H,8-11,13-15H2,(H,24,27)(H,25,28). The van der Waals surface area contributed by atoms with Crippen LogP contribution in [0, 0.1) is 5.92 Å². The zero-order chi connectivity index (χ0) is 22.3. The molecule has 0 unspecified atom stereocenters. The Morgan fingerprint density at radius 3 is 2.44 bits per heavy atom. The van der Waals surface area contributed by atoms with Crippen LogP contribution in [0.25, 0.3) is 0 Å². The van der Waals surface area contributed by atoms with Gasteiger partial charge in [0.2, 0.25) is 6.79 Å². The maximum Gasteiger partial charge on any atom is 0.415 e. The van der Waals surface area contributed by atoms with Gasteiger partial charge in [0.05, 0.1) is 0 Å². The number of fused-ring (bicyclic) bond motifs is 1. The van der Waals surface area contributed by atoms with Crippen molar-refractivity contribution in [3.63, 3.8) is 0 Å². The molecule has 2 aromatic carbocycles. The number of carbonyl (C=O) groups excluding carboxylic acids is 3. The van der Waals surface area contributed by atoms with Gasteiger partial charge < -0.3 is 29.7 Å². The first-order chi connectivity index (χ1) is 15.6. The zero-order valence-corrected chi connectivity index (χ0v) is 17.5. The summed E-state index contributed by atoms with van der Waals surface area (Å²) in [6.45, 7) is 1.87. The Morgan fingerprint density at radius 1 is 0.938 bits per heavy atom. The van der Waals surface area contributed by atoms with Crippen molar-refractivity contribution in [2.24, 2.45) is 5.92 Å². The number of para-hydroxylation sites is 1. The van der Waals surface area contributed by atoms with Crippen molar-refractivity contribution in [2.45, 2.75) is 19.4 Å². The fraction of sp³-hybridized carbons (Fsp3) is 0.348. The van der Waals surface area contributed by atoms with Gasteiger partial charge in [0.1, 0.15) is 5.75 Å². The number of ether oxygens (including phenoxy) is 3. The Morgan fingerprint density at radius 2 is 1.66 bits per heavy atom. The van der Waals surface area contributed by atoms with Gasteiger partial charge in [-0.2, -0.15) is 0 Å². The van der Waals surface area contributed by atoms with E-state index >= 15 is 0 Å². The lowest BCUT2D eigenvalue weighted by Crippen LogP contribution is -2.45. The third kappa shape index (κ3) is 5.48. The summed E-state index contributed by atoms with van der Waals surface area (Å²) in [5.74, 6) is 0.639. The zero-order valence-electron chi connectivity index (χ0n) is 17.5. The molecule has 1 fully saturated rings. The molecule has 2 aliphatic rings.